The molecule has 1 aromatic rings. The molecule has 3 rings (SSSR count). The van der Waals surface area contributed by atoms with E-state index in [2.05, 4.69) is 18.3 Å². The molecule has 0 spiro atoms. The number of carbonyl (C=O) groups is 1. The lowest BCUT2D eigenvalue weighted by Gasteiger charge is -2.33. The van der Waals surface area contributed by atoms with Gasteiger partial charge in [0.2, 0.25) is 0 Å². The Balaban J connectivity index is 1.85. The summed E-state index contributed by atoms with van der Waals surface area (Å²) >= 11 is 0. The van der Waals surface area contributed by atoms with Crippen molar-refractivity contribution in [2.45, 2.75) is 45.1 Å². The molecule has 1 heterocycles. The van der Waals surface area contributed by atoms with Crippen LogP contribution >= 0.6 is 0 Å². The van der Waals surface area contributed by atoms with Gasteiger partial charge in [0.25, 0.3) is 0 Å². The Morgan fingerprint density at radius 3 is 2.89 bits per heavy atom. The molecule has 1 aromatic carbocycles. The molecule has 102 valence electrons. The van der Waals surface area contributed by atoms with Crippen LogP contribution < -0.4 is 5.32 Å². The number of rotatable bonds is 1. The molecule has 1 aliphatic heterocycles. The summed E-state index contributed by atoms with van der Waals surface area (Å²) in [4.78, 5) is 12.8. The maximum Gasteiger partial charge on any atom is 0.167 e. The van der Waals surface area contributed by atoms with E-state index in [9.17, 15) is 4.79 Å². The Kier molecular flexibility index (Phi) is 3.69. The molecular weight excluding hydrogens is 234 g/mol. The van der Waals surface area contributed by atoms with Crippen LogP contribution in [0.3, 0.4) is 0 Å². The van der Waals surface area contributed by atoms with E-state index in [-0.39, 0.29) is 5.92 Å². The Bertz CT molecular complexity index is 468. The highest BCUT2D eigenvalue weighted by Gasteiger charge is 2.33. The molecule has 0 saturated carbocycles. The van der Waals surface area contributed by atoms with Crippen LogP contribution in [0.4, 0.5) is 0 Å². The zero-order chi connectivity index (χ0) is 13.2. The average molecular weight is 257 g/mol. The highest BCUT2D eigenvalue weighted by molar-refractivity contribution is 6.00. The fourth-order valence-corrected chi connectivity index (χ4v) is 3.66. The Morgan fingerprint density at radius 2 is 2.05 bits per heavy atom. The smallest absolute Gasteiger partial charge is 0.167 e. The van der Waals surface area contributed by atoms with Crippen molar-refractivity contribution in [3.05, 3.63) is 35.4 Å². The van der Waals surface area contributed by atoms with Crippen molar-refractivity contribution in [2.24, 2.45) is 11.8 Å². The maximum atomic E-state index is 12.8. The number of aryl methyl sites for hydroxylation is 1. The van der Waals surface area contributed by atoms with Crippen LogP contribution in [-0.4, -0.2) is 18.4 Å². The second-order valence-electron chi connectivity index (χ2n) is 6.21. The van der Waals surface area contributed by atoms with E-state index in [0.29, 0.717) is 11.8 Å². The first-order valence-corrected chi connectivity index (χ1v) is 7.61. The summed E-state index contributed by atoms with van der Waals surface area (Å²) in [5.41, 5.74) is 2.23. The summed E-state index contributed by atoms with van der Waals surface area (Å²) in [6.07, 6.45) is 5.63. The van der Waals surface area contributed by atoms with Gasteiger partial charge in [-0.3, -0.25) is 4.79 Å². The molecule has 1 fully saturated rings. The standard InChI is InChI=1S/C17H23NO/c1-12-9-10-18-16(11-12)15-8-4-6-13-5-2-3-7-14(13)17(15)19/h2-3,5,7,12,15-16,18H,4,6,8-11H2,1H3. The van der Waals surface area contributed by atoms with Gasteiger partial charge in [-0.05, 0) is 50.1 Å². The highest BCUT2D eigenvalue weighted by atomic mass is 16.1. The number of nitrogens with one attached hydrogen (secondary N) is 1. The molecule has 1 aliphatic carbocycles. The quantitative estimate of drug-likeness (QED) is 0.783. The summed E-state index contributed by atoms with van der Waals surface area (Å²) in [6, 6.07) is 8.57. The summed E-state index contributed by atoms with van der Waals surface area (Å²) in [6.45, 7) is 3.38. The molecule has 0 aromatic heterocycles. The number of benzene rings is 1. The van der Waals surface area contributed by atoms with Gasteiger partial charge in [-0.25, -0.2) is 0 Å². The Morgan fingerprint density at radius 1 is 1.21 bits per heavy atom. The lowest BCUT2D eigenvalue weighted by molar-refractivity contribution is 0.0860. The van der Waals surface area contributed by atoms with Gasteiger partial charge in [-0.15, -0.1) is 0 Å². The lowest BCUT2D eigenvalue weighted by atomic mass is 9.81. The van der Waals surface area contributed by atoms with Crippen molar-refractivity contribution in [2.75, 3.05) is 6.54 Å². The summed E-state index contributed by atoms with van der Waals surface area (Å²) in [5, 5.41) is 3.59. The van der Waals surface area contributed by atoms with E-state index in [1.165, 1.54) is 12.0 Å². The van der Waals surface area contributed by atoms with Gasteiger partial charge in [-0.1, -0.05) is 31.2 Å². The summed E-state index contributed by atoms with van der Waals surface area (Å²) in [7, 11) is 0. The van der Waals surface area contributed by atoms with E-state index in [4.69, 9.17) is 0 Å². The van der Waals surface area contributed by atoms with Gasteiger partial charge in [0.05, 0.1) is 0 Å². The number of ketones is 1. The SMILES string of the molecule is CC1CCNC(C2CCCc3ccccc3C2=O)C1. The number of piperidine rings is 1. The number of hydrogen-bond donors (Lipinski definition) is 1. The summed E-state index contributed by atoms with van der Waals surface area (Å²) in [5.74, 6) is 1.31. The third-order valence-corrected chi connectivity index (χ3v) is 4.77. The second kappa shape index (κ2) is 5.46. The first kappa shape index (κ1) is 12.9. The zero-order valence-corrected chi connectivity index (χ0v) is 11.7. The molecule has 0 bridgehead atoms. The van der Waals surface area contributed by atoms with Crippen molar-refractivity contribution in [1.29, 1.82) is 0 Å². The van der Waals surface area contributed by atoms with Crippen LogP contribution in [0.1, 0.15) is 48.5 Å². The topological polar surface area (TPSA) is 29.1 Å². The monoisotopic (exact) mass is 257 g/mol. The molecule has 1 N–H and O–H groups in total. The first-order chi connectivity index (χ1) is 9.25. The fourth-order valence-electron chi connectivity index (χ4n) is 3.66. The van der Waals surface area contributed by atoms with Gasteiger partial charge in [0.1, 0.15) is 0 Å². The van der Waals surface area contributed by atoms with Crippen LogP contribution in [-0.2, 0) is 6.42 Å². The molecule has 3 atom stereocenters. The Labute approximate surface area is 115 Å². The number of carbonyl (C=O) groups excluding carboxylic acids is 1. The van der Waals surface area contributed by atoms with Crippen molar-refractivity contribution < 1.29 is 4.79 Å². The minimum Gasteiger partial charge on any atom is -0.313 e. The van der Waals surface area contributed by atoms with Crippen LogP contribution in [0, 0.1) is 11.8 Å². The van der Waals surface area contributed by atoms with Crippen molar-refractivity contribution in [3.8, 4) is 0 Å². The number of fused-ring (bicyclic) bond motifs is 1. The predicted octanol–water partition coefficient (Wildman–Crippen LogP) is 3.21. The third kappa shape index (κ3) is 2.59. The maximum absolute atomic E-state index is 12.8. The minimum absolute atomic E-state index is 0.186. The first-order valence-electron chi connectivity index (χ1n) is 7.61. The lowest BCUT2D eigenvalue weighted by Crippen LogP contribution is -2.45. The van der Waals surface area contributed by atoms with E-state index in [0.717, 1.165) is 43.7 Å². The fraction of sp³-hybridized carbons (Fsp3) is 0.588. The number of hydrogen-bond acceptors (Lipinski definition) is 2. The largest absolute Gasteiger partial charge is 0.313 e. The average Bonchev–Trinajstić information content (AvgIpc) is 2.59. The molecule has 0 amide bonds. The second-order valence-corrected chi connectivity index (χ2v) is 6.21. The van der Waals surface area contributed by atoms with Crippen molar-refractivity contribution >= 4 is 5.78 Å². The van der Waals surface area contributed by atoms with Crippen LogP contribution in [0.2, 0.25) is 0 Å². The van der Waals surface area contributed by atoms with Gasteiger partial charge >= 0.3 is 0 Å². The van der Waals surface area contributed by atoms with Gasteiger partial charge in [0, 0.05) is 17.5 Å². The van der Waals surface area contributed by atoms with Crippen molar-refractivity contribution in [3.63, 3.8) is 0 Å². The van der Waals surface area contributed by atoms with Gasteiger partial charge < -0.3 is 5.32 Å². The van der Waals surface area contributed by atoms with Crippen LogP contribution in [0.15, 0.2) is 24.3 Å². The molecule has 3 unspecified atom stereocenters. The zero-order valence-electron chi connectivity index (χ0n) is 11.7. The van der Waals surface area contributed by atoms with Crippen LogP contribution in [0.5, 0.6) is 0 Å². The normalized spacial score (nSPS) is 31.6. The third-order valence-electron chi connectivity index (χ3n) is 4.77. The summed E-state index contributed by atoms with van der Waals surface area (Å²) < 4.78 is 0. The molecule has 0 radical (unpaired) electrons. The predicted molar refractivity (Wildman–Crippen MR) is 77.4 cm³/mol. The van der Waals surface area contributed by atoms with E-state index in [1.807, 2.05) is 18.2 Å². The van der Waals surface area contributed by atoms with Crippen molar-refractivity contribution in [1.82, 2.24) is 5.32 Å². The van der Waals surface area contributed by atoms with Crippen LogP contribution in [0.25, 0.3) is 0 Å². The van der Waals surface area contributed by atoms with Gasteiger partial charge in [0.15, 0.2) is 5.78 Å². The minimum atomic E-state index is 0.186. The molecule has 2 heteroatoms. The van der Waals surface area contributed by atoms with Gasteiger partial charge in [-0.2, -0.15) is 0 Å². The molecule has 2 aliphatic rings. The number of Topliss-reactive ketones (excluding diaryl/α,β-unsaturated/α-hetero) is 1. The van der Waals surface area contributed by atoms with E-state index >= 15 is 0 Å². The molecule has 1 saturated heterocycles. The molecule has 19 heavy (non-hydrogen) atoms. The highest BCUT2D eigenvalue weighted by Crippen LogP contribution is 2.30. The molecule has 2 nitrogen and oxygen atoms in total. The molecular formula is C17H23NO. The Hall–Kier alpha value is -1.15. The van der Waals surface area contributed by atoms with E-state index in [1.54, 1.807) is 0 Å². The van der Waals surface area contributed by atoms with E-state index < -0.39 is 0 Å².